The molecule has 74 valence electrons. The van der Waals surface area contributed by atoms with E-state index in [1.54, 1.807) is 22.0 Å². The van der Waals surface area contributed by atoms with Crippen LogP contribution < -0.4 is 0 Å². The average Bonchev–Trinajstić information content (AvgIpc) is 2.75. The highest BCUT2D eigenvalue weighted by atomic mass is 15.5. The number of hydrogen-bond donors (Lipinski definition) is 0. The monoisotopic (exact) mass is 192 g/mol. The minimum absolute atomic E-state index is 0.0417. The van der Waals surface area contributed by atoms with Crippen LogP contribution in [0.5, 0.6) is 0 Å². The Labute approximate surface area is 81.6 Å². The summed E-state index contributed by atoms with van der Waals surface area (Å²) in [4.78, 5) is 7.85. The molecule has 0 N–H and O–H groups in total. The van der Waals surface area contributed by atoms with Gasteiger partial charge < -0.3 is 0 Å². The van der Waals surface area contributed by atoms with Gasteiger partial charge in [0.15, 0.2) is 0 Å². The van der Waals surface area contributed by atoms with Crippen molar-refractivity contribution in [3.05, 3.63) is 25.3 Å². The van der Waals surface area contributed by atoms with Crippen LogP contribution in [0, 0.1) is 5.92 Å². The third-order valence-electron chi connectivity index (χ3n) is 2.01. The molecular weight excluding hydrogens is 180 g/mol. The van der Waals surface area contributed by atoms with E-state index in [9.17, 15) is 0 Å². The molecule has 2 heterocycles. The molecule has 0 atom stereocenters. The van der Waals surface area contributed by atoms with Crippen molar-refractivity contribution >= 4 is 0 Å². The summed E-state index contributed by atoms with van der Waals surface area (Å²) >= 11 is 0. The Morgan fingerprint density at radius 1 is 0.929 bits per heavy atom. The number of nitrogens with zero attached hydrogens (tertiary/aromatic N) is 6. The second-order valence-corrected chi connectivity index (χ2v) is 3.41. The highest BCUT2D eigenvalue weighted by molar-refractivity contribution is 4.74. The summed E-state index contributed by atoms with van der Waals surface area (Å²) in [7, 11) is 0. The lowest BCUT2D eigenvalue weighted by Crippen LogP contribution is -2.24. The number of rotatable bonds is 3. The molecule has 0 aliphatic rings. The fourth-order valence-corrected chi connectivity index (χ4v) is 1.44. The number of hydrogen-bond acceptors (Lipinski definition) is 4. The van der Waals surface area contributed by atoms with Gasteiger partial charge in [-0.25, -0.2) is 19.3 Å². The van der Waals surface area contributed by atoms with Crippen LogP contribution in [0.3, 0.4) is 0 Å². The summed E-state index contributed by atoms with van der Waals surface area (Å²) in [5, 5.41) is 8.22. The van der Waals surface area contributed by atoms with Crippen molar-refractivity contribution in [3.8, 4) is 0 Å². The average molecular weight is 192 g/mol. The summed E-state index contributed by atoms with van der Waals surface area (Å²) < 4.78 is 3.55. The summed E-state index contributed by atoms with van der Waals surface area (Å²) in [6.45, 7) is 4.21. The first-order valence-corrected chi connectivity index (χ1v) is 4.47. The van der Waals surface area contributed by atoms with Gasteiger partial charge in [-0.2, -0.15) is 10.2 Å². The van der Waals surface area contributed by atoms with E-state index in [1.807, 2.05) is 0 Å². The lowest BCUT2D eigenvalue weighted by molar-refractivity contribution is 0.273. The van der Waals surface area contributed by atoms with Crippen LogP contribution in [0.15, 0.2) is 25.3 Å². The minimum Gasteiger partial charge on any atom is -0.228 e. The van der Waals surface area contributed by atoms with Gasteiger partial charge in [0.05, 0.1) is 0 Å². The smallest absolute Gasteiger partial charge is 0.149 e. The molecular formula is C8H12N6. The molecule has 2 aromatic heterocycles. The SMILES string of the molecule is CC(C)C(n1cncn1)n1cncn1. The molecule has 0 saturated carbocycles. The molecule has 0 aliphatic heterocycles. The second-order valence-electron chi connectivity index (χ2n) is 3.41. The van der Waals surface area contributed by atoms with Crippen molar-refractivity contribution < 1.29 is 0 Å². The molecule has 6 nitrogen and oxygen atoms in total. The molecule has 2 rings (SSSR count). The van der Waals surface area contributed by atoms with E-state index in [-0.39, 0.29) is 6.17 Å². The third kappa shape index (κ3) is 1.50. The molecule has 0 radical (unpaired) electrons. The molecule has 0 unspecified atom stereocenters. The van der Waals surface area contributed by atoms with Crippen LogP contribution in [-0.4, -0.2) is 29.5 Å². The second kappa shape index (κ2) is 3.57. The summed E-state index contributed by atoms with van der Waals surface area (Å²) in [5.41, 5.74) is 0. The first-order valence-electron chi connectivity index (χ1n) is 4.47. The van der Waals surface area contributed by atoms with Gasteiger partial charge in [-0.3, -0.25) is 0 Å². The molecule has 6 heteroatoms. The standard InChI is InChI=1S/C8H12N6/c1-7(2)8(13-5-9-3-11-13)14-6-10-4-12-14/h3-8H,1-2H3. The van der Waals surface area contributed by atoms with Gasteiger partial charge in [0.2, 0.25) is 0 Å². The first-order chi connectivity index (χ1) is 6.79. The van der Waals surface area contributed by atoms with Gasteiger partial charge in [0, 0.05) is 0 Å². The fourth-order valence-electron chi connectivity index (χ4n) is 1.44. The van der Waals surface area contributed by atoms with Crippen molar-refractivity contribution in [1.29, 1.82) is 0 Å². The molecule has 0 aliphatic carbocycles. The topological polar surface area (TPSA) is 61.4 Å². The van der Waals surface area contributed by atoms with Crippen LogP contribution >= 0.6 is 0 Å². The fraction of sp³-hybridized carbons (Fsp3) is 0.500. The summed E-state index contributed by atoms with van der Waals surface area (Å²) in [6, 6.07) is 0. The highest BCUT2D eigenvalue weighted by Crippen LogP contribution is 2.16. The quantitative estimate of drug-likeness (QED) is 0.713. The Bertz CT molecular complexity index is 328. The Kier molecular flexibility index (Phi) is 2.26. The van der Waals surface area contributed by atoms with Crippen LogP contribution in [-0.2, 0) is 0 Å². The van der Waals surface area contributed by atoms with Crippen LogP contribution in [0.1, 0.15) is 20.0 Å². The summed E-state index contributed by atoms with van der Waals surface area (Å²) in [5.74, 6) is 0.374. The molecule has 0 fully saturated rings. The first kappa shape index (κ1) is 8.86. The van der Waals surface area contributed by atoms with E-state index in [0.717, 1.165) is 0 Å². The van der Waals surface area contributed by atoms with Gasteiger partial charge >= 0.3 is 0 Å². The molecule has 0 spiro atoms. The van der Waals surface area contributed by atoms with E-state index >= 15 is 0 Å². The molecule has 2 aromatic rings. The highest BCUT2D eigenvalue weighted by Gasteiger charge is 2.18. The minimum atomic E-state index is 0.0417. The van der Waals surface area contributed by atoms with Gasteiger partial charge in [0.25, 0.3) is 0 Å². The van der Waals surface area contributed by atoms with Gasteiger partial charge in [-0.1, -0.05) is 13.8 Å². The third-order valence-corrected chi connectivity index (χ3v) is 2.01. The van der Waals surface area contributed by atoms with Crippen LogP contribution in [0.25, 0.3) is 0 Å². The zero-order chi connectivity index (χ0) is 9.97. The van der Waals surface area contributed by atoms with Gasteiger partial charge in [0.1, 0.15) is 31.5 Å². The van der Waals surface area contributed by atoms with Crippen molar-refractivity contribution in [2.75, 3.05) is 0 Å². The normalized spacial score (nSPS) is 11.4. The largest absolute Gasteiger partial charge is 0.228 e. The van der Waals surface area contributed by atoms with Crippen molar-refractivity contribution in [2.24, 2.45) is 5.92 Å². The van der Waals surface area contributed by atoms with Crippen LogP contribution in [0.2, 0.25) is 0 Å². The van der Waals surface area contributed by atoms with E-state index in [4.69, 9.17) is 0 Å². The predicted octanol–water partition coefficient (Wildman–Crippen LogP) is 0.573. The van der Waals surface area contributed by atoms with Gasteiger partial charge in [-0.05, 0) is 5.92 Å². The van der Waals surface area contributed by atoms with Crippen LogP contribution in [0.4, 0.5) is 0 Å². The lowest BCUT2D eigenvalue weighted by Gasteiger charge is -2.20. The molecule has 0 saturated heterocycles. The lowest BCUT2D eigenvalue weighted by atomic mass is 10.1. The van der Waals surface area contributed by atoms with E-state index in [2.05, 4.69) is 34.0 Å². The van der Waals surface area contributed by atoms with E-state index in [1.165, 1.54) is 12.7 Å². The Morgan fingerprint density at radius 2 is 1.43 bits per heavy atom. The maximum Gasteiger partial charge on any atom is 0.149 e. The van der Waals surface area contributed by atoms with Crippen molar-refractivity contribution in [1.82, 2.24) is 29.5 Å². The van der Waals surface area contributed by atoms with Crippen molar-refractivity contribution in [3.63, 3.8) is 0 Å². The Hall–Kier alpha value is -1.72. The number of aromatic nitrogens is 6. The maximum absolute atomic E-state index is 4.11. The predicted molar refractivity (Wildman–Crippen MR) is 49.3 cm³/mol. The van der Waals surface area contributed by atoms with Crippen molar-refractivity contribution in [2.45, 2.75) is 20.0 Å². The van der Waals surface area contributed by atoms with E-state index < -0.39 is 0 Å². The molecule has 14 heavy (non-hydrogen) atoms. The van der Waals surface area contributed by atoms with Gasteiger partial charge in [-0.15, -0.1) is 0 Å². The Morgan fingerprint density at radius 3 is 1.71 bits per heavy atom. The Balaban J connectivity index is 2.35. The van der Waals surface area contributed by atoms with E-state index in [0.29, 0.717) is 5.92 Å². The molecule has 0 bridgehead atoms. The molecule has 0 amide bonds. The zero-order valence-electron chi connectivity index (χ0n) is 8.15. The molecule has 0 aromatic carbocycles. The maximum atomic E-state index is 4.11. The zero-order valence-corrected chi connectivity index (χ0v) is 8.15. The summed E-state index contributed by atoms with van der Waals surface area (Å²) in [6.07, 6.45) is 6.46.